The molecule has 0 aliphatic carbocycles. The number of carbonyl (C=O) groups excluding carboxylic acids is 1. The van der Waals surface area contributed by atoms with Crippen molar-refractivity contribution >= 4 is 5.91 Å². The minimum Gasteiger partial charge on any atom is -0.391 e. The highest BCUT2D eigenvalue weighted by Crippen LogP contribution is 2.20. The lowest BCUT2D eigenvalue weighted by Gasteiger charge is -2.22. The zero-order chi connectivity index (χ0) is 13.3. The monoisotopic (exact) mass is 246 g/mol. The number of carbonyl (C=O) groups is 1. The number of methoxy groups -OCH3 is 1. The van der Waals surface area contributed by atoms with Crippen LogP contribution in [0.5, 0.6) is 0 Å². The van der Waals surface area contributed by atoms with E-state index in [4.69, 9.17) is 4.74 Å². The lowest BCUT2D eigenvalue weighted by atomic mass is 9.89. The average Bonchev–Trinajstić information content (AvgIpc) is 2.19. The molecular formula is C12H26N2O3. The first-order chi connectivity index (χ1) is 7.85. The molecular weight excluding hydrogens is 220 g/mol. The van der Waals surface area contributed by atoms with Crippen molar-refractivity contribution in [2.45, 2.75) is 33.3 Å². The molecule has 1 unspecified atom stereocenters. The number of hydrogen-bond donors (Lipinski definition) is 3. The van der Waals surface area contributed by atoms with Gasteiger partial charge < -0.3 is 20.5 Å². The third kappa shape index (κ3) is 11.6. The van der Waals surface area contributed by atoms with Crippen molar-refractivity contribution in [2.75, 3.05) is 33.4 Å². The Bertz CT molecular complexity index is 214. The molecule has 5 nitrogen and oxygen atoms in total. The number of rotatable bonds is 8. The van der Waals surface area contributed by atoms with Gasteiger partial charge in [-0.3, -0.25) is 4.79 Å². The Morgan fingerprint density at radius 1 is 1.41 bits per heavy atom. The normalized spacial score (nSPS) is 13.5. The third-order valence-electron chi connectivity index (χ3n) is 2.15. The van der Waals surface area contributed by atoms with Gasteiger partial charge in [0.1, 0.15) is 0 Å². The van der Waals surface area contributed by atoms with Crippen LogP contribution in [0.1, 0.15) is 27.2 Å². The molecule has 0 saturated carbocycles. The van der Waals surface area contributed by atoms with E-state index in [1.165, 1.54) is 0 Å². The van der Waals surface area contributed by atoms with Gasteiger partial charge >= 0.3 is 0 Å². The highest BCUT2D eigenvalue weighted by molar-refractivity contribution is 5.77. The van der Waals surface area contributed by atoms with Crippen LogP contribution in [0.25, 0.3) is 0 Å². The van der Waals surface area contributed by atoms with E-state index < -0.39 is 6.10 Å². The first-order valence-electron chi connectivity index (χ1n) is 5.99. The minimum absolute atomic E-state index is 0.0703. The molecule has 0 aromatic heterocycles. The van der Waals surface area contributed by atoms with Crippen molar-refractivity contribution in [1.82, 2.24) is 10.6 Å². The minimum atomic E-state index is -0.488. The Morgan fingerprint density at radius 2 is 2.06 bits per heavy atom. The zero-order valence-corrected chi connectivity index (χ0v) is 11.4. The predicted octanol–water partition coefficient (Wildman–Crippen LogP) is 0.136. The van der Waals surface area contributed by atoms with E-state index in [2.05, 4.69) is 31.4 Å². The molecule has 102 valence electrons. The Labute approximate surface area is 104 Å². The Morgan fingerprint density at radius 3 is 2.59 bits per heavy atom. The van der Waals surface area contributed by atoms with Crippen LogP contribution in [0.4, 0.5) is 0 Å². The fraction of sp³-hybridized carbons (Fsp3) is 0.917. The van der Waals surface area contributed by atoms with Crippen molar-refractivity contribution < 1.29 is 14.6 Å². The van der Waals surface area contributed by atoms with Gasteiger partial charge in [0.05, 0.1) is 19.3 Å². The molecule has 0 spiro atoms. The number of aliphatic hydroxyl groups is 1. The standard InChI is InChI=1S/C12H26N2O3/c1-12(2,3)7-10(15)8-14-11(16)9-13-5-6-17-4/h10,13,15H,5-9H2,1-4H3,(H,14,16). The SMILES string of the molecule is COCCNCC(=O)NCC(O)CC(C)(C)C. The van der Waals surface area contributed by atoms with Crippen LogP contribution in [0.15, 0.2) is 0 Å². The molecule has 0 aromatic carbocycles. The second kappa shape index (κ2) is 8.44. The van der Waals surface area contributed by atoms with Gasteiger partial charge in [-0.15, -0.1) is 0 Å². The first-order valence-corrected chi connectivity index (χ1v) is 5.99. The van der Waals surface area contributed by atoms with Crippen LogP contribution in [0.3, 0.4) is 0 Å². The van der Waals surface area contributed by atoms with Gasteiger partial charge in [-0.25, -0.2) is 0 Å². The molecule has 0 bridgehead atoms. The number of amides is 1. The maximum atomic E-state index is 11.4. The van der Waals surface area contributed by atoms with Gasteiger partial charge in [0.15, 0.2) is 0 Å². The molecule has 17 heavy (non-hydrogen) atoms. The fourth-order valence-corrected chi connectivity index (χ4v) is 1.45. The van der Waals surface area contributed by atoms with E-state index in [0.29, 0.717) is 26.1 Å². The average molecular weight is 246 g/mol. The summed E-state index contributed by atoms with van der Waals surface area (Å²) in [5, 5.41) is 15.3. The third-order valence-corrected chi connectivity index (χ3v) is 2.15. The summed E-state index contributed by atoms with van der Waals surface area (Å²) in [4.78, 5) is 11.4. The highest BCUT2D eigenvalue weighted by atomic mass is 16.5. The lowest BCUT2D eigenvalue weighted by Crippen LogP contribution is -2.39. The summed E-state index contributed by atoms with van der Waals surface area (Å²) in [6, 6.07) is 0. The number of aliphatic hydroxyl groups excluding tert-OH is 1. The van der Waals surface area contributed by atoms with E-state index >= 15 is 0 Å². The van der Waals surface area contributed by atoms with Crippen LogP contribution in [0.2, 0.25) is 0 Å². The van der Waals surface area contributed by atoms with E-state index in [1.807, 2.05) is 0 Å². The van der Waals surface area contributed by atoms with E-state index in [0.717, 1.165) is 0 Å². The summed E-state index contributed by atoms with van der Waals surface area (Å²) in [6.07, 6.45) is 0.183. The van der Waals surface area contributed by atoms with Gasteiger partial charge in [-0.05, 0) is 11.8 Å². The van der Waals surface area contributed by atoms with Crippen molar-refractivity contribution in [2.24, 2.45) is 5.41 Å². The van der Waals surface area contributed by atoms with Gasteiger partial charge in [-0.1, -0.05) is 20.8 Å². The first kappa shape index (κ1) is 16.4. The molecule has 0 fully saturated rings. The van der Waals surface area contributed by atoms with Crippen LogP contribution in [0, 0.1) is 5.41 Å². The van der Waals surface area contributed by atoms with Gasteiger partial charge in [0, 0.05) is 20.2 Å². The van der Waals surface area contributed by atoms with Crippen LogP contribution < -0.4 is 10.6 Å². The summed E-state index contributed by atoms with van der Waals surface area (Å²) in [5.41, 5.74) is 0.0703. The maximum absolute atomic E-state index is 11.4. The molecule has 3 N–H and O–H groups in total. The molecule has 0 aromatic rings. The number of nitrogens with one attached hydrogen (secondary N) is 2. The number of hydrogen-bond acceptors (Lipinski definition) is 4. The Hall–Kier alpha value is -0.650. The van der Waals surface area contributed by atoms with Crippen LogP contribution in [-0.4, -0.2) is 50.5 Å². The zero-order valence-electron chi connectivity index (χ0n) is 11.4. The summed E-state index contributed by atoms with van der Waals surface area (Å²) < 4.78 is 4.84. The second-order valence-corrected chi connectivity index (χ2v) is 5.39. The predicted molar refractivity (Wildman–Crippen MR) is 67.8 cm³/mol. The molecule has 1 amide bonds. The van der Waals surface area contributed by atoms with Gasteiger partial charge in [0.2, 0.25) is 5.91 Å². The molecule has 0 aliphatic heterocycles. The van der Waals surface area contributed by atoms with Crippen molar-refractivity contribution in [3.8, 4) is 0 Å². The molecule has 0 heterocycles. The molecule has 0 rings (SSSR count). The van der Waals surface area contributed by atoms with Crippen molar-refractivity contribution in [3.63, 3.8) is 0 Å². The number of ether oxygens (including phenoxy) is 1. The lowest BCUT2D eigenvalue weighted by molar-refractivity contribution is -0.120. The smallest absolute Gasteiger partial charge is 0.234 e. The van der Waals surface area contributed by atoms with Gasteiger partial charge in [0.25, 0.3) is 0 Å². The summed E-state index contributed by atoms with van der Waals surface area (Å²) >= 11 is 0. The summed E-state index contributed by atoms with van der Waals surface area (Å²) in [6.45, 7) is 7.97. The fourth-order valence-electron chi connectivity index (χ4n) is 1.45. The van der Waals surface area contributed by atoms with Crippen molar-refractivity contribution in [3.05, 3.63) is 0 Å². The molecule has 5 heteroatoms. The molecule has 0 saturated heterocycles. The Kier molecular flexibility index (Phi) is 8.12. The van der Waals surface area contributed by atoms with E-state index in [-0.39, 0.29) is 17.9 Å². The van der Waals surface area contributed by atoms with Gasteiger partial charge in [-0.2, -0.15) is 0 Å². The van der Waals surface area contributed by atoms with Crippen molar-refractivity contribution in [1.29, 1.82) is 0 Å². The van der Waals surface area contributed by atoms with E-state index in [1.54, 1.807) is 7.11 Å². The molecule has 1 atom stereocenters. The maximum Gasteiger partial charge on any atom is 0.234 e. The topological polar surface area (TPSA) is 70.6 Å². The summed E-state index contributed by atoms with van der Waals surface area (Å²) in [5.74, 6) is -0.103. The van der Waals surface area contributed by atoms with Crippen LogP contribution >= 0.6 is 0 Å². The highest BCUT2D eigenvalue weighted by Gasteiger charge is 2.16. The quantitative estimate of drug-likeness (QED) is 0.533. The Balaban J connectivity index is 3.56. The largest absolute Gasteiger partial charge is 0.391 e. The molecule has 0 aliphatic rings. The second-order valence-electron chi connectivity index (χ2n) is 5.39. The van der Waals surface area contributed by atoms with E-state index in [9.17, 15) is 9.90 Å². The van der Waals surface area contributed by atoms with Crippen LogP contribution in [-0.2, 0) is 9.53 Å². The summed E-state index contributed by atoms with van der Waals surface area (Å²) in [7, 11) is 1.62. The molecule has 0 radical (unpaired) electrons.